The molecule has 0 bridgehead atoms. The van der Waals surface area contributed by atoms with Crippen molar-refractivity contribution >= 4 is 23.2 Å². The van der Waals surface area contributed by atoms with Gasteiger partial charge in [0.25, 0.3) is 0 Å². The normalized spacial score (nSPS) is 16.1. The first-order valence-corrected chi connectivity index (χ1v) is 7.45. The van der Waals surface area contributed by atoms with Gasteiger partial charge in [0.15, 0.2) is 0 Å². The van der Waals surface area contributed by atoms with Crippen molar-refractivity contribution in [1.82, 2.24) is 5.32 Å². The third-order valence-electron chi connectivity index (χ3n) is 3.81. The van der Waals surface area contributed by atoms with Crippen molar-refractivity contribution in [2.75, 3.05) is 13.7 Å². The lowest BCUT2D eigenvalue weighted by Gasteiger charge is -2.36. The summed E-state index contributed by atoms with van der Waals surface area (Å²) in [6.45, 7) is 7.24. The monoisotopic (exact) mass is 303 g/mol. The Bertz CT molecular complexity index is 405. The predicted octanol–water partition coefficient (Wildman–Crippen LogP) is 4.33. The SMILES string of the molecule is CCNC(Cc1cccc(Cl)c1Cl)C(C)(CC)OC. The molecule has 0 aliphatic heterocycles. The zero-order chi connectivity index (χ0) is 14.5. The van der Waals surface area contributed by atoms with Crippen LogP contribution in [0.4, 0.5) is 0 Å². The molecule has 0 aliphatic rings. The molecule has 4 heteroatoms. The fourth-order valence-corrected chi connectivity index (χ4v) is 2.61. The van der Waals surface area contributed by atoms with Crippen molar-refractivity contribution in [2.24, 2.45) is 0 Å². The molecule has 1 N–H and O–H groups in total. The standard InChI is InChI=1S/C15H23Cl2NO/c1-5-15(3,19-4)13(18-6-2)10-11-8-7-9-12(16)14(11)17/h7-9,13,18H,5-6,10H2,1-4H3. The highest BCUT2D eigenvalue weighted by molar-refractivity contribution is 6.42. The highest BCUT2D eigenvalue weighted by Crippen LogP contribution is 2.29. The number of likely N-dealkylation sites (N-methyl/N-ethyl adjacent to an activating group) is 1. The smallest absolute Gasteiger partial charge is 0.0803 e. The number of hydrogen-bond donors (Lipinski definition) is 1. The van der Waals surface area contributed by atoms with Crippen molar-refractivity contribution < 1.29 is 4.74 Å². The molecule has 0 spiro atoms. The van der Waals surface area contributed by atoms with Gasteiger partial charge in [0.05, 0.1) is 15.6 Å². The van der Waals surface area contributed by atoms with Gasteiger partial charge in [-0.05, 0) is 37.9 Å². The highest BCUT2D eigenvalue weighted by Gasteiger charge is 2.32. The molecule has 2 nitrogen and oxygen atoms in total. The van der Waals surface area contributed by atoms with E-state index in [1.54, 1.807) is 7.11 Å². The van der Waals surface area contributed by atoms with E-state index in [-0.39, 0.29) is 11.6 Å². The Morgan fingerprint density at radius 2 is 2.00 bits per heavy atom. The first-order valence-electron chi connectivity index (χ1n) is 6.69. The molecule has 2 atom stereocenters. The molecule has 19 heavy (non-hydrogen) atoms. The summed E-state index contributed by atoms with van der Waals surface area (Å²) in [6.07, 6.45) is 1.73. The third kappa shape index (κ3) is 4.09. The summed E-state index contributed by atoms with van der Waals surface area (Å²) in [5.41, 5.74) is 0.832. The zero-order valence-corrected chi connectivity index (χ0v) is 13.6. The van der Waals surface area contributed by atoms with Gasteiger partial charge in [-0.1, -0.05) is 49.2 Å². The maximum Gasteiger partial charge on any atom is 0.0803 e. The fraction of sp³-hybridized carbons (Fsp3) is 0.600. The van der Waals surface area contributed by atoms with Crippen LogP contribution < -0.4 is 5.32 Å². The van der Waals surface area contributed by atoms with Gasteiger partial charge in [-0.3, -0.25) is 0 Å². The molecule has 0 radical (unpaired) electrons. The van der Waals surface area contributed by atoms with Gasteiger partial charge in [-0.15, -0.1) is 0 Å². The summed E-state index contributed by atoms with van der Waals surface area (Å²) in [4.78, 5) is 0. The van der Waals surface area contributed by atoms with Gasteiger partial charge in [-0.25, -0.2) is 0 Å². The Morgan fingerprint density at radius 3 is 2.53 bits per heavy atom. The minimum atomic E-state index is -0.221. The van der Waals surface area contributed by atoms with E-state index < -0.39 is 0 Å². The summed E-state index contributed by atoms with van der Waals surface area (Å²) < 4.78 is 5.71. The minimum absolute atomic E-state index is 0.198. The topological polar surface area (TPSA) is 21.3 Å². The van der Waals surface area contributed by atoms with Crippen LogP contribution in [0.2, 0.25) is 10.0 Å². The Hall–Kier alpha value is -0.280. The van der Waals surface area contributed by atoms with Crippen LogP contribution >= 0.6 is 23.2 Å². The van der Waals surface area contributed by atoms with Crippen LogP contribution in [-0.4, -0.2) is 25.3 Å². The van der Waals surface area contributed by atoms with Crippen LogP contribution in [0.25, 0.3) is 0 Å². The van der Waals surface area contributed by atoms with E-state index in [0.29, 0.717) is 10.0 Å². The van der Waals surface area contributed by atoms with Gasteiger partial charge >= 0.3 is 0 Å². The summed E-state index contributed by atoms with van der Waals surface area (Å²) in [7, 11) is 1.76. The van der Waals surface area contributed by atoms with Crippen molar-refractivity contribution in [2.45, 2.75) is 45.3 Å². The Balaban J connectivity index is 2.98. The lowest BCUT2D eigenvalue weighted by atomic mass is 9.88. The molecule has 0 heterocycles. The van der Waals surface area contributed by atoms with Crippen molar-refractivity contribution in [3.63, 3.8) is 0 Å². The summed E-state index contributed by atoms with van der Waals surface area (Å²) >= 11 is 12.3. The summed E-state index contributed by atoms with van der Waals surface area (Å²) in [5, 5.41) is 4.74. The number of rotatable bonds is 7. The zero-order valence-electron chi connectivity index (χ0n) is 12.1. The van der Waals surface area contributed by atoms with Crippen molar-refractivity contribution in [3.8, 4) is 0 Å². The first-order chi connectivity index (χ1) is 8.98. The van der Waals surface area contributed by atoms with Crippen molar-refractivity contribution in [3.05, 3.63) is 33.8 Å². The van der Waals surface area contributed by atoms with E-state index in [1.165, 1.54) is 0 Å². The predicted molar refractivity (Wildman–Crippen MR) is 83.3 cm³/mol. The number of halogens is 2. The Morgan fingerprint density at radius 1 is 1.32 bits per heavy atom. The van der Waals surface area contributed by atoms with E-state index >= 15 is 0 Å². The molecule has 0 fully saturated rings. The second-order valence-corrected chi connectivity index (χ2v) is 5.68. The van der Waals surface area contributed by atoms with Gasteiger partial charge in [0.2, 0.25) is 0 Å². The second kappa shape index (κ2) is 7.49. The van der Waals surface area contributed by atoms with E-state index in [0.717, 1.165) is 24.9 Å². The van der Waals surface area contributed by atoms with E-state index in [4.69, 9.17) is 27.9 Å². The molecule has 108 valence electrons. The molecule has 1 rings (SSSR count). The molecular formula is C15H23Cl2NO. The number of methoxy groups -OCH3 is 1. The minimum Gasteiger partial charge on any atom is -0.377 e. The van der Waals surface area contributed by atoms with Crippen LogP contribution in [0.3, 0.4) is 0 Å². The van der Waals surface area contributed by atoms with Crippen LogP contribution in [0.1, 0.15) is 32.8 Å². The van der Waals surface area contributed by atoms with Gasteiger partial charge in [0, 0.05) is 13.2 Å². The molecule has 1 aromatic carbocycles. The van der Waals surface area contributed by atoms with E-state index in [9.17, 15) is 0 Å². The fourth-order valence-electron chi connectivity index (χ4n) is 2.21. The Labute approximate surface area is 126 Å². The van der Waals surface area contributed by atoms with Gasteiger partial charge in [-0.2, -0.15) is 0 Å². The average Bonchev–Trinajstić information content (AvgIpc) is 2.42. The lowest BCUT2D eigenvalue weighted by Crippen LogP contribution is -2.51. The molecule has 0 aromatic heterocycles. The number of hydrogen-bond acceptors (Lipinski definition) is 2. The van der Waals surface area contributed by atoms with E-state index in [1.807, 2.05) is 18.2 Å². The summed E-state index contributed by atoms with van der Waals surface area (Å²) in [5.74, 6) is 0. The molecule has 1 aromatic rings. The Kier molecular flexibility index (Phi) is 6.61. The van der Waals surface area contributed by atoms with Gasteiger partial charge < -0.3 is 10.1 Å². The second-order valence-electron chi connectivity index (χ2n) is 4.90. The average molecular weight is 304 g/mol. The van der Waals surface area contributed by atoms with E-state index in [2.05, 4.69) is 26.1 Å². The maximum atomic E-state index is 6.27. The first kappa shape index (κ1) is 16.8. The number of ether oxygens (including phenoxy) is 1. The quantitative estimate of drug-likeness (QED) is 0.809. The van der Waals surface area contributed by atoms with Crippen LogP contribution in [0.5, 0.6) is 0 Å². The molecule has 0 aliphatic carbocycles. The van der Waals surface area contributed by atoms with Crippen LogP contribution in [-0.2, 0) is 11.2 Å². The van der Waals surface area contributed by atoms with Crippen LogP contribution in [0.15, 0.2) is 18.2 Å². The van der Waals surface area contributed by atoms with Crippen LogP contribution in [0, 0.1) is 0 Å². The molecule has 2 unspecified atom stereocenters. The lowest BCUT2D eigenvalue weighted by molar-refractivity contribution is -0.0283. The maximum absolute atomic E-state index is 6.27. The molecule has 0 amide bonds. The summed E-state index contributed by atoms with van der Waals surface area (Å²) in [6, 6.07) is 5.96. The van der Waals surface area contributed by atoms with Crippen molar-refractivity contribution in [1.29, 1.82) is 0 Å². The molecular weight excluding hydrogens is 281 g/mol. The highest BCUT2D eigenvalue weighted by atomic mass is 35.5. The molecule has 0 saturated carbocycles. The third-order valence-corrected chi connectivity index (χ3v) is 4.67. The number of benzene rings is 1. The molecule has 0 saturated heterocycles. The number of nitrogens with one attached hydrogen (secondary N) is 1. The van der Waals surface area contributed by atoms with Gasteiger partial charge in [0.1, 0.15) is 0 Å². The largest absolute Gasteiger partial charge is 0.377 e.